The summed E-state index contributed by atoms with van der Waals surface area (Å²) in [6.07, 6.45) is 3.21. The van der Waals surface area contributed by atoms with Gasteiger partial charge in [0, 0.05) is 34.6 Å². The van der Waals surface area contributed by atoms with Gasteiger partial charge in [-0.15, -0.1) is 0 Å². The van der Waals surface area contributed by atoms with Crippen molar-refractivity contribution in [1.82, 2.24) is 9.97 Å². The normalized spacial score (nSPS) is 15.3. The minimum absolute atomic E-state index is 0.212. The molecule has 0 saturated carbocycles. The first kappa shape index (κ1) is 21.9. The predicted molar refractivity (Wildman–Crippen MR) is 126 cm³/mol. The number of halogens is 1. The molecule has 1 N–H and O–H groups in total. The van der Waals surface area contributed by atoms with Crippen molar-refractivity contribution in [3.8, 4) is 11.3 Å². The fourth-order valence-electron chi connectivity index (χ4n) is 3.79. The van der Waals surface area contributed by atoms with Gasteiger partial charge in [0.15, 0.2) is 5.94 Å². The molecule has 1 aliphatic rings. The third kappa shape index (κ3) is 4.20. The number of amides is 1. The number of hydrogen-bond donors (Lipinski definition) is 1. The van der Waals surface area contributed by atoms with Crippen LogP contribution in [0.1, 0.15) is 10.4 Å². The van der Waals surface area contributed by atoms with E-state index >= 15 is 0 Å². The van der Waals surface area contributed by atoms with E-state index in [1.807, 2.05) is 6.07 Å². The Morgan fingerprint density at radius 3 is 2.65 bits per heavy atom. The first-order valence-corrected chi connectivity index (χ1v) is 12.0. The first-order valence-electron chi connectivity index (χ1n) is 10.4. The van der Waals surface area contributed by atoms with Gasteiger partial charge in [-0.3, -0.25) is 19.1 Å². The molecule has 10 heteroatoms. The van der Waals surface area contributed by atoms with Gasteiger partial charge in [-0.25, -0.2) is 12.8 Å². The summed E-state index contributed by atoms with van der Waals surface area (Å²) < 4.78 is 45.3. The SMILES string of the molecule is O=C(Nc1ccc(F)c(-c2nccc3ncccc23)c1)c1ccc(N2CCOCS2(=O)=O)cc1. The number of rotatable bonds is 4. The van der Waals surface area contributed by atoms with Crippen LogP contribution in [0.3, 0.4) is 0 Å². The van der Waals surface area contributed by atoms with E-state index in [0.717, 1.165) is 0 Å². The molecular weight excluding hydrogens is 459 g/mol. The summed E-state index contributed by atoms with van der Waals surface area (Å²) in [5.74, 6) is -1.26. The van der Waals surface area contributed by atoms with Crippen molar-refractivity contribution >= 4 is 38.2 Å². The zero-order chi connectivity index (χ0) is 23.7. The minimum atomic E-state index is -3.54. The maximum atomic E-state index is 14.7. The molecule has 8 nitrogen and oxygen atoms in total. The molecule has 1 amide bonds. The van der Waals surface area contributed by atoms with Crippen molar-refractivity contribution < 1.29 is 22.3 Å². The fourth-order valence-corrected chi connectivity index (χ4v) is 5.04. The molecule has 0 atom stereocenters. The van der Waals surface area contributed by atoms with Crippen LogP contribution in [0.25, 0.3) is 22.2 Å². The van der Waals surface area contributed by atoms with Gasteiger partial charge in [-0.1, -0.05) is 0 Å². The van der Waals surface area contributed by atoms with E-state index in [9.17, 15) is 17.6 Å². The van der Waals surface area contributed by atoms with Crippen molar-refractivity contribution in [2.24, 2.45) is 0 Å². The van der Waals surface area contributed by atoms with Crippen LogP contribution >= 0.6 is 0 Å². The molecule has 1 saturated heterocycles. The summed E-state index contributed by atoms with van der Waals surface area (Å²) in [5.41, 5.74) is 2.53. The Bertz CT molecular complexity index is 1490. The van der Waals surface area contributed by atoms with Gasteiger partial charge in [0.05, 0.1) is 30.0 Å². The number of ether oxygens (including phenoxy) is 1. The summed E-state index contributed by atoms with van der Waals surface area (Å²) in [4.78, 5) is 21.4. The number of nitrogens with one attached hydrogen (secondary N) is 1. The van der Waals surface area contributed by atoms with Crippen LogP contribution in [-0.2, 0) is 14.8 Å². The van der Waals surface area contributed by atoms with Crippen LogP contribution in [0, 0.1) is 5.82 Å². The summed E-state index contributed by atoms with van der Waals surface area (Å²) in [7, 11) is -3.54. The third-order valence-electron chi connectivity index (χ3n) is 5.43. The molecule has 172 valence electrons. The molecule has 3 heterocycles. The predicted octanol–water partition coefficient (Wildman–Crippen LogP) is 3.81. The Morgan fingerprint density at radius 1 is 1.03 bits per heavy atom. The van der Waals surface area contributed by atoms with Crippen LogP contribution in [0.5, 0.6) is 0 Å². The standard InChI is InChI=1S/C24H19FN4O4S/c25-21-8-5-17(14-20(21)23-19-2-1-10-26-22(19)9-11-27-23)28-24(30)16-3-6-18(7-4-16)29-12-13-33-15-34(29,31)32/h1-11,14H,12-13,15H2,(H,28,30). The van der Waals surface area contributed by atoms with Gasteiger partial charge in [-0.2, -0.15) is 0 Å². The van der Waals surface area contributed by atoms with E-state index in [0.29, 0.717) is 40.1 Å². The minimum Gasteiger partial charge on any atom is -0.362 e. The second kappa shape index (κ2) is 8.81. The van der Waals surface area contributed by atoms with Crippen molar-refractivity contribution in [1.29, 1.82) is 0 Å². The highest BCUT2D eigenvalue weighted by Crippen LogP contribution is 2.30. The van der Waals surface area contributed by atoms with Crippen LogP contribution in [-0.4, -0.2) is 43.4 Å². The molecule has 0 unspecified atom stereocenters. The molecule has 34 heavy (non-hydrogen) atoms. The van der Waals surface area contributed by atoms with E-state index in [1.54, 1.807) is 36.7 Å². The van der Waals surface area contributed by atoms with E-state index in [2.05, 4.69) is 15.3 Å². The van der Waals surface area contributed by atoms with Gasteiger partial charge >= 0.3 is 0 Å². The molecule has 1 aliphatic heterocycles. The van der Waals surface area contributed by atoms with Crippen LogP contribution in [0.2, 0.25) is 0 Å². The summed E-state index contributed by atoms with van der Waals surface area (Å²) in [6.45, 7) is 0.514. The van der Waals surface area contributed by atoms with Gasteiger partial charge in [0.1, 0.15) is 5.82 Å². The van der Waals surface area contributed by atoms with Gasteiger partial charge < -0.3 is 10.1 Å². The largest absolute Gasteiger partial charge is 0.362 e. The molecule has 0 aliphatic carbocycles. The van der Waals surface area contributed by atoms with Gasteiger partial charge in [-0.05, 0) is 60.7 Å². The summed E-state index contributed by atoms with van der Waals surface area (Å²) in [5, 5.41) is 3.45. The number of hydrogen-bond acceptors (Lipinski definition) is 6. The lowest BCUT2D eigenvalue weighted by Gasteiger charge is -2.28. The van der Waals surface area contributed by atoms with Crippen molar-refractivity contribution in [3.63, 3.8) is 0 Å². The highest BCUT2D eigenvalue weighted by molar-refractivity contribution is 7.92. The number of anilines is 2. The highest BCUT2D eigenvalue weighted by Gasteiger charge is 2.26. The quantitative estimate of drug-likeness (QED) is 0.479. The van der Waals surface area contributed by atoms with E-state index in [-0.39, 0.29) is 18.0 Å². The zero-order valence-electron chi connectivity index (χ0n) is 17.8. The van der Waals surface area contributed by atoms with E-state index in [4.69, 9.17) is 4.74 Å². The number of carbonyl (C=O) groups excluding carboxylic acids is 1. The lowest BCUT2D eigenvalue weighted by Crippen LogP contribution is -2.41. The monoisotopic (exact) mass is 478 g/mol. The molecule has 0 radical (unpaired) electrons. The highest BCUT2D eigenvalue weighted by atomic mass is 32.2. The average molecular weight is 479 g/mol. The van der Waals surface area contributed by atoms with Crippen LogP contribution < -0.4 is 9.62 Å². The van der Waals surface area contributed by atoms with E-state index < -0.39 is 21.7 Å². The molecular formula is C24H19FN4O4S. The zero-order valence-corrected chi connectivity index (χ0v) is 18.6. The lowest BCUT2D eigenvalue weighted by atomic mass is 10.1. The van der Waals surface area contributed by atoms with Gasteiger partial charge in [0.2, 0.25) is 0 Å². The fraction of sp³-hybridized carbons (Fsp3) is 0.125. The maximum Gasteiger partial charge on any atom is 0.259 e. The molecule has 2 aromatic heterocycles. The molecule has 1 fully saturated rings. The summed E-state index contributed by atoms with van der Waals surface area (Å²) in [6, 6.07) is 15.8. The van der Waals surface area contributed by atoms with Crippen molar-refractivity contribution in [2.75, 3.05) is 28.7 Å². The first-order chi connectivity index (χ1) is 16.4. The number of fused-ring (bicyclic) bond motifs is 1. The number of pyridine rings is 2. The Morgan fingerprint density at radius 2 is 1.85 bits per heavy atom. The Kier molecular flexibility index (Phi) is 5.68. The number of aromatic nitrogens is 2. The average Bonchev–Trinajstić information content (AvgIpc) is 2.85. The molecule has 0 spiro atoms. The topological polar surface area (TPSA) is 101 Å². The number of benzene rings is 2. The third-order valence-corrected chi connectivity index (χ3v) is 6.96. The van der Waals surface area contributed by atoms with Gasteiger partial charge in [0.25, 0.3) is 15.9 Å². The summed E-state index contributed by atoms with van der Waals surface area (Å²) >= 11 is 0. The Balaban J connectivity index is 1.39. The molecule has 5 rings (SSSR count). The lowest BCUT2D eigenvalue weighted by molar-refractivity contribution is 0.102. The Hall–Kier alpha value is -3.89. The maximum absolute atomic E-state index is 14.7. The Labute approximate surface area is 195 Å². The number of carbonyl (C=O) groups is 1. The molecule has 4 aromatic rings. The number of nitrogens with zero attached hydrogens (tertiary/aromatic N) is 3. The van der Waals surface area contributed by atoms with Crippen LogP contribution in [0.15, 0.2) is 73.1 Å². The molecule has 2 aromatic carbocycles. The van der Waals surface area contributed by atoms with E-state index in [1.165, 1.54) is 34.6 Å². The van der Waals surface area contributed by atoms with Crippen molar-refractivity contribution in [3.05, 3.63) is 84.4 Å². The smallest absolute Gasteiger partial charge is 0.259 e. The second-order valence-corrected chi connectivity index (χ2v) is 9.48. The second-order valence-electron chi connectivity index (χ2n) is 7.64. The van der Waals surface area contributed by atoms with Crippen LogP contribution in [0.4, 0.5) is 15.8 Å². The van der Waals surface area contributed by atoms with Crippen molar-refractivity contribution in [2.45, 2.75) is 0 Å². The number of sulfonamides is 1. The molecule has 0 bridgehead atoms.